The largest absolute Gasteiger partial charge is 0.517 e. The third-order valence-corrected chi connectivity index (χ3v) is 2.80. The van der Waals surface area contributed by atoms with Crippen LogP contribution in [0.2, 0.25) is 39.3 Å². The maximum absolute atomic E-state index is 11.3. The van der Waals surface area contributed by atoms with Crippen molar-refractivity contribution < 1.29 is 18.4 Å². The Labute approximate surface area is 98.9 Å². The van der Waals surface area contributed by atoms with E-state index in [2.05, 4.69) is 0 Å². The molecule has 0 rings (SSSR count). The van der Waals surface area contributed by atoms with Crippen LogP contribution in [0.1, 0.15) is 0 Å². The Morgan fingerprint density at radius 1 is 0.750 bits per heavy atom. The van der Waals surface area contributed by atoms with E-state index < -0.39 is 28.6 Å². The van der Waals surface area contributed by atoms with Gasteiger partial charge >= 0.3 is 11.9 Å². The van der Waals surface area contributed by atoms with Gasteiger partial charge in [-0.05, 0) is 39.3 Å². The molecule has 16 heavy (non-hydrogen) atoms. The monoisotopic (exact) mass is 260 g/mol. The lowest BCUT2D eigenvalue weighted by atomic mass is 10.5. The predicted octanol–water partition coefficient (Wildman–Crippen LogP) is 2.30. The molecule has 0 aromatic heterocycles. The van der Waals surface area contributed by atoms with Gasteiger partial charge in [-0.25, -0.2) is 9.59 Å². The molecule has 0 atom stereocenters. The van der Waals surface area contributed by atoms with Crippen LogP contribution in [-0.4, -0.2) is 28.6 Å². The van der Waals surface area contributed by atoms with Crippen molar-refractivity contribution in [1.29, 1.82) is 0 Å². The lowest BCUT2D eigenvalue weighted by Crippen LogP contribution is -2.29. The van der Waals surface area contributed by atoms with Crippen molar-refractivity contribution in [3.05, 3.63) is 12.2 Å². The second-order valence-corrected chi connectivity index (χ2v) is 14.3. The van der Waals surface area contributed by atoms with E-state index in [4.69, 9.17) is 8.85 Å². The molecule has 0 spiro atoms. The molecule has 0 aromatic rings. The molecule has 0 aliphatic rings. The molecule has 0 radical (unpaired) electrons. The summed E-state index contributed by atoms with van der Waals surface area (Å²) in [6.45, 7) is 11.4. The van der Waals surface area contributed by atoms with Gasteiger partial charge in [0.25, 0.3) is 0 Å². The summed E-state index contributed by atoms with van der Waals surface area (Å²) in [5, 5.41) is 0. The second-order valence-electron chi connectivity index (χ2n) is 5.40. The van der Waals surface area contributed by atoms with E-state index >= 15 is 0 Å². The maximum atomic E-state index is 11.3. The van der Waals surface area contributed by atoms with Crippen molar-refractivity contribution in [2.45, 2.75) is 39.3 Å². The first kappa shape index (κ1) is 15.1. The summed E-state index contributed by atoms with van der Waals surface area (Å²) in [5.74, 6) is -0.960. The summed E-state index contributed by atoms with van der Waals surface area (Å²) in [7, 11) is -3.77. The SMILES string of the molecule is C[Si](C)(C)OC(=O)/C=C/C(=O)O[Si](C)(C)C. The first-order valence-electron chi connectivity index (χ1n) is 5.14. The van der Waals surface area contributed by atoms with E-state index in [1.54, 1.807) is 0 Å². The van der Waals surface area contributed by atoms with Crippen molar-refractivity contribution in [1.82, 2.24) is 0 Å². The molecule has 6 heteroatoms. The molecule has 0 saturated heterocycles. The Hall–Kier alpha value is -0.886. The molecule has 0 aromatic carbocycles. The molecule has 0 heterocycles. The van der Waals surface area contributed by atoms with Gasteiger partial charge in [-0.15, -0.1) is 0 Å². The maximum Gasteiger partial charge on any atom is 0.317 e. The van der Waals surface area contributed by atoms with Crippen molar-refractivity contribution in [3.8, 4) is 0 Å². The average molecular weight is 260 g/mol. The first-order chi connectivity index (χ1) is 6.99. The summed E-state index contributed by atoms with van der Waals surface area (Å²) in [4.78, 5) is 22.5. The molecule has 0 unspecified atom stereocenters. The van der Waals surface area contributed by atoms with Gasteiger partial charge in [0, 0.05) is 12.2 Å². The summed E-state index contributed by atoms with van der Waals surface area (Å²) in [5.41, 5.74) is 0. The molecule has 0 amide bonds. The van der Waals surface area contributed by atoms with Crippen LogP contribution >= 0.6 is 0 Å². The fraction of sp³-hybridized carbons (Fsp3) is 0.600. The van der Waals surface area contributed by atoms with Crippen LogP contribution < -0.4 is 0 Å². The van der Waals surface area contributed by atoms with Crippen molar-refractivity contribution >= 4 is 28.6 Å². The van der Waals surface area contributed by atoms with Crippen molar-refractivity contribution in [3.63, 3.8) is 0 Å². The van der Waals surface area contributed by atoms with Gasteiger partial charge in [-0.2, -0.15) is 0 Å². The summed E-state index contributed by atoms with van der Waals surface area (Å²) >= 11 is 0. The van der Waals surface area contributed by atoms with Gasteiger partial charge in [-0.3, -0.25) is 0 Å². The molecule has 0 aliphatic heterocycles. The van der Waals surface area contributed by atoms with E-state index in [1.807, 2.05) is 39.3 Å². The Morgan fingerprint density at radius 3 is 1.19 bits per heavy atom. The Morgan fingerprint density at radius 2 is 1.00 bits per heavy atom. The molecule has 4 nitrogen and oxygen atoms in total. The highest BCUT2D eigenvalue weighted by atomic mass is 28.4. The van der Waals surface area contributed by atoms with Crippen LogP contribution in [-0.2, 0) is 18.4 Å². The Kier molecular flexibility index (Phi) is 5.14. The lowest BCUT2D eigenvalue weighted by Gasteiger charge is -2.16. The van der Waals surface area contributed by atoms with Gasteiger partial charge in [-0.1, -0.05) is 0 Å². The highest BCUT2D eigenvalue weighted by molar-refractivity contribution is 6.71. The Bertz CT molecular complexity index is 267. The normalized spacial score (nSPS) is 12.6. The van der Waals surface area contributed by atoms with Gasteiger partial charge < -0.3 is 8.85 Å². The predicted molar refractivity (Wildman–Crippen MR) is 68.0 cm³/mol. The third-order valence-electron chi connectivity index (χ3n) is 1.17. The minimum atomic E-state index is -1.88. The topological polar surface area (TPSA) is 52.6 Å². The van der Waals surface area contributed by atoms with Crippen LogP contribution in [0, 0.1) is 0 Å². The van der Waals surface area contributed by atoms with Crippen LogP contribution in [0.4, 0.5) is 0 Å². The Balaban J connectivity index is 4.20. The summed E-state index contributed by atoms with van der Waals surface area (Å²) < 4.78 is 10.3. The first-order valence-corrected chi connectivity index (χ1v) is 12.0. The summed E-state index contributed by atoms with van der Waals surface area (Å²) in [6, 6.07) is 0. The number of hydrogen-bond donors (Lipinski definition) is 0. The third kappa shape index (κ3) is 9.66. The highest BCUT2D eigenvalue weighted by Crippen LogP contribution is 2.05. The fourth-order valence-electron chi connectivity index (χ4n) is 0.808. The highest BCUT2D eigenvalue weighted by Gasteiger charge is 2.20. The van der Waals surface area contributed by atoms with Gasteiger partial charge in [0.1, 0.15) is 0 Å². The van der Waals surface area contributed by atoms with Crippen molar-refractivity contribution in [2.24, 2.45) is 0 Å². The number of carbonyl (C=O) groups is 2. The zero-order valence-corrected chi connectivity index (χ0v) is 12.8. The fourth-order valence-corrected chi connectivity index (χ4v) is 2.15. The molecule has 0 bridgehead atoms. The van der Waals surface area contributed by atoms with Crippen LogP contribution in [0.25, 0.3) is 0 Å². The number of hydrogen-bond acceptors (Lipinski definition) is 4. The molecule has 0 aliphatic carbocycles. The molecule has 0 saturated carbocycles. The zero-order valence-electron chi connectivity index (χ0n) is 10.8. The van der Waals surface area contributed by atoms with Crippen LogP contribution in [0.3, 0.4) is 0 Å². The lowest BCUT2D eigenvalue weighted by molar-refractivity contribution is -0.132. The minimum Gasteiger partial charge on any atom is -0.517 e. The van der Waals surface area contributed by atoms with Crippen LogP contribution in [0.5, 0.6) is 0 Å². The van der Waals surface area contributed by atoms with E-state index in [0.717, 1.165) is 12.2 Å². The van der Waals surface area contributed by atoms with Gasteiger partial charge in [0.05, 0.1) is 0 Å². The minimum absolute atomic E-state index is 0.480. The smallest absolute Gasteiger partial charge is 0.317 e. The molecular formula is C10H20O4Si2. The van der Waals surface area contributed by atoms with E-state index in [1.165, 1.54) is 0 Å². The summed E-state index contributed by atoms with van der Waals surface area (Å²) in [6.07, 6.45) is 2.25. The molecular weight excluding hydrogens is 240 g/mol. The molecule has 0 N–H and O–H groups in total. The van der Waals surface area contributed by atoms with Gasteiger partial charge in [0.15, 0.2) is 0 Å². The van der Waals surface area contributed by atoms with Gasteiger partial charge in [0.2, 0.25) is 16.6 Å². The van der Waals surface area contributed by atoms with E-state index in [-0.39, 0.29) is 0 Å². The quantitative estimate of drug-likeness (QED) is 0.575. The second kappa shape index (κ2) is 5.44. The number of carbonyl (C=O) groups excluding carboxylic acids is 2. The molecule has 92 valence electrons. The van der Waals surface area contributed by atoms with Crippen LogP contribution in [0.15, 0.2) is 12.2 Å². The van der Waals surface area contributed by atoms with E-state index in [0.29, 0.717) is 0 Å². The zero-order chi connectivity index (χ0) is 13.0. The van der Waals surface area contributed by atoms with E-state index in [9.17, 15) is 9.59 Å². The number of rotatable bonds is 4. The average Bonchev–Trinajstić information content (AvgIpc) is 1.94. The molecule has 0 fully saturated rings. The van der Waals surface area contributed by atoms with Crippen molar-refractivity contribution in [2.75, 3.05) is 0 Å². The standard InChI is InChI=1S/C10H20O4Si2/c1-15(2,3)13-9(11)7-8-10(12)14-16(4,5)6/h7-8H,1-6H3/b8-7+.